The molecule has 0 spiro atoms. The molecule has 1 N–H and O–H groups in total. The monoisotopic (exact) mass is 652 g/mol. The summed E-state index contributed by atoms with van der Waals surface area (Å²) in [5.74, 6) is -1.17. The summed E-state index contributed by atoms with van der Waals surface area (Å²) in [6.45, 7) is 11.0. The molecule has 3 aliphatic rings. The summed E-state index contributed by atoms with van der Waals surface area (Å²) in [5, 5.41) is 2.65. The highest BCUT2D eigenvalue weighted by Gasteiger charge is 2.54. The summed E-state index contributed by atoms with van der Waals surface area (Å²) in [4.78, 5) is 55.3. The van der Waals surface area contributed by atoms with Crippen LogP contribution < -0.4 is 38.8 Å². The maximum Gasteiger partial charge on any atom is 0.408 e. The second-order valence-electron chi connectivity index (χ2n) is 11.9. The SMILES string of the molecule is C[n+]1cccc(N2CCC(=CC3=C(C(=O)OC(C)(C)C)N4C(=O)C(NC(=O)OC(C)(C)C)C4CC3)C2=O)c1.[I-]. The summed E-state index contributed by atoms with van der Waals surface area (Å²) >= 11 is 0. The van der Waals surface area contributed by atoms with Crippen molar-refractivity contribution in [1.82, 2.24) is 10.2 Å². The predicted octanol–water partition coefficient (Wildman–Crippen LogP) is -0.328. The molecule has 3 amide bonds. The van der Waals surface area contributed by atoms with Gasteiger partial charge in [-0.05, 0) is 78.5 Å². The van der Waals surface area contributed by atoms with Gasteiger partial charge in [0, 0.05) is 18.2 Å². The molecule has 0 aromatic carbocycles. The summed E-state index contributed by atoms with van der Waals surface area (Å²) < 4.78 is 12.8. The molecule has 2 atom stereocenters. The molecule has 212 valence electrons. The molecule has 3 aliphatic heterocycles. The van der Waals surface area contributed by atoms with E-state index in [2.05, 4.69) is 5.32 Å². The van der Waals surface area contributed by atoms with Crippen molar-refractivity contribution >= 4 is 29.6 Å². The normalized spacial score (nSPS) is 22.3. The number of carbonyl (C=O) groups is 4. The fourth-order valence-corrected chi connectivity index (χ4v) is 4.92. The van der Waals surface area contributed by atoms with Gasteiger partial charge in [0.25, 0.3) is 11.8 Å². The number of rotatable bonds is 4. The van der Waals surface area contributed by atoms with Crippen LogP contribution in [-0.2, 0) is 30.9 Å². The number of fused-ring (bicyclic) bond motifs is 1. The van der Waals surface area contributed by atoms with Gasteiger partial charge >= 0.3 is 12.1 Å². The minimum atomic E-state index is -0.793. The van der Waals surface area contributed by atoms with Crippen LogP contribution in [0.25, 0.3) is 0 Å². The van der Waals surface area contributed by atoms with E-state index in [-0.39, 0.29) is 35.6 Å². The van der Waals surface area contributed by atoms with Crippen molar-refractivity contribution < 1.29 is 57.2 Å². The Morgan fingerprint density at radius 1 is 1.08 bits per heavy atom. The van der Waals surface area contributed by atoms with Gasteiger partial charge in [0.15, 0.2) is 12.4 Å². The number of allylic oxidation sites excluding steroid dienone is 2. The van der Waals surface area contributed by atoms with Crippen LogP contribution in [0.15, 0.2) is 47.4 Å². The van der Waals surface area contributed by atoms with Crippen molar-refractivity contribution in [3.8, 4) is 0 Å². The molecule has 1 aromatic rings. The Morgan fingerprint density at radius 2 is 1.74 bits per heavy atom. The summed E-state index contributed by atoms with van der Waals surface area (Å²) in [6.07, 6.45) is 6.32. The number of nitrogens with one attached hydrogen (secondary N) is 1. The Kier molecular flexibility index (Phi) is 8.83. The van der Waals surface area contributed by atoms with Crippen molar-refractivity contribution in [2.45, 2.75) is 84.1 Å². The van der Waals surface area contributed by atoms with E-state index in [1.807, 2.05) is 36.1 Å². The Bertz CT molecular complexity index is 1240. The van der Waals surface area contributed by atoms with Crippen molar-refractivity contribution in [2.24, 2.45) is 7.05 Å². The van der Waals surface area contributed by atoms with E-state index < -0.39 is 41.3 Å². The first-order valence-corrected chi connectivity index (χ1v) is 12.9. The molecule has 0 bridgehead atoms. The Morgan fingerprint density at radius 3 is 2.36 bits per heavy atom. The lowest BCUT2D eigenvalue weighted by Gasteiger charge is -2.50. The first-order chi connectivity index (χ1) is 17.6. The van der Waals surface area contributed by atoms with E-state index in [0.717, 1.165) is 5.69 Å². The number of esters is 1. The number of nitrogens with zero attached hydrogens (tertiary/aromatic N) is 3. The number of hydrogen-bond donors (Lipinski definition) is 1. The molecular weight excluding hydrogens is 615 g/mol. The second-order valence-corrected chi connectivity index (χ2v) is 11.9. The molecule has 2 fully saturated rings. The Labute approximate surface area is 246 Å². The standard InChI is InChI=1S/C28H36N4O6.HI/c1-27(2,3)37-25(35)22-17(15-18-12-14-31(23(18)33)19-9-8-13-30(7)16-19)10-11-20-21(24(34)32(20)22)29-26(36)38-28(4,5)6;/h8-9,13,15-16,20-21H,10-12,14H2,1-7H3;1H. The van der Waals surface area contributed by atoms with Crippen LogP contribution in [-0.4, -0.2) is 58.6 Å². The van der Waals surface area contributed by atoms with Gasteiger partial charge in [0.2, 0.25) is 0 Å². The maximum absolute atomic E-state index is 13.3. The quantitative estimate of drug-likeness (QED) is 0.157. The number of alkyl carbamates (subject to hydrolysis) is 1. The number of β-lactam (4-membered cyclic amide) rings is 1. The first kappa shape index (κ1) is 30.6. The second kappa shape index (κ2) is 11.3. The number of amides is 3. The summed E-state index contributed by atoms with van der Waals surface area (Å²) in [6, 6.07) is 2.57. The minimum Gasteiger partial charge on any atom is -1.00 e. The van der Waals surface area contributed by atoms with E-state index >= 15 is 0 Å². The van der Waals surface area contributed by atoms with Crippen LogP contribution in [0.2, 0.25) is 0 Å². The molecule has 4 heterocycles. The van der Waals surface area contributed by atoms with Crippen molar-refractivity contribution in [3.63, 3.8) is 0 Å². The molecule has 2 unspecified atom stereocenters. The zero-order chi connectivity index (χ0) is 28.0. The zero-order valence-electron chi connectivity index (χ0n) is 23.5. The first-order valence-electron chi connectivity index (χ1n) is 12.9. The zero-order valence-corrected chi connectivity index (χ0v) is 25.7. The third-order valence-corrected chi connectivity index (χ3v) is 6.45. The highest BCUT2D eigenvalue weighted by molar-refractivity contribution is 6.09. The Balaban J connectivity index is 0.00000420. The average molecular weight is 653 g/mol. The fraction of sp³-hybridized carbons (Fsp3) is 0.536. The summed E-state index contributed by atoms with van der Waals surface area (Å²) in [7, 11) is 1.90. The molecule has 4 rings (SSSR count). The highest BCUT2D eigenvalue weighted by Crippen LogP contribution is 2.39. The van der Waals surface area contributed by atoms with Crippen LogP contribution >= 0.6 is 0 Å². The molecular formula is C28H37IN4O6. The van der Waals surface area contributed by atoms with Crippen molar-refractivity contribution in [1.29, 1.82) is 0 Å². The van der Waals surface area contributed by atoms with Crippen LogP contribution in [0.5, 0.6) is 0 Å². The lowest BCUT2D eigenvalue weighted by Crippen LogP contribution is -3.00. The highest BCUT2D eigenvalue weighted by atomic mass is 127. The molecule has 1 aromatic heterocycles. The lowest BCUT2D eigenvalue weighted by atomic mass is 9.83. The lowest BCUT2D eigenvalue weighted by molar-refractivity contribution is -0.670. The van der Waals surface area contributed by atoms with E-state index in [1.54, 1.807) is 52.5 Å². The molecule has 0 saturated carbocycles. The smallest absolute Gasteiger partial charge is 0.408 e. The van der Waals surface area contributed by atoms with Crippen molar-refractivity contribution in [2.75, 3.05) is 11.4 Å². The third kappa shape index (κ3) is 6.79. The number of halogens is 1. The van der Waals surface area contributed by atoms with Crippen molar-refractivity contribution in [3.05, 3.63) is 47.4 Å². The van der Waals surface area contributed by atoms with Crippen LogP contribution in [0.4, 0.5) is 10.5 Å². The number of ether oxygens (including phenoxy) is 2. The topological polar surface area (TPSA) is 109 Å². The van der Waals surface area contributed by atoms with Gasteiger partial charge in [-0.15, -0.1) is 0 Å². The fourth-order valence-electron chi connectivity index (χ4n) is 4.92. The van der Waals surface area contributed by atoms with Gasteiger partial charge in [0.1, 0.15) is 35.7 Å². The van der Waals surface area contributed by atoms with E-state index in [0.29, 0.717) is 37.0 Å². The van der Waals surface area contributed by atoms with Gasteiger partial charge in [-0.1, -0.05) is 0 Å². The minimum absolute atomic E-state index is 0. The molecule has 39 heavy (non-hydrogen) atoms. The molecule has 0 radical (unpaired) electrons. The molecule has 2 saturated heterocycles. The van der Waals surface area contributed by atoms with Gasteiger partial charge in [-0.25, -0.2) is 14.2 Å². The van der Waals surface area contributed by atoms with Gasteiger partial charge < -0.3 is 43.7 Å². The number of hydrogen-bond acceptors (Lipinski definition) is 6. The molecule has 10 nitrogen and oxygen atoms in total. The number of carbonyl (C=O) groups excluding carboxylic acids is 4. The van der Waals surface area contributed by atoms with Crippen LogP contribution in [0.1, 0.15) is 60.8 Å². The van der Waals surface area contributed by atoms with Gasteiger partial charge in [-0.2, -0.15) is 0 Å². The predicted molar refractivity (Wildman–Crippen MR) is 139 cm³/mol. The third-order valence-electron chi connectivity index (χ3n) is 6.45. The van der Waals surface area contributed by atoms with Gasteiger partial charge in [0.05, 0.1) is 6.04 Å². The summed E-state index contributed by atoms with van der Waals surface area (Å²) in [5.41, 5.74) is 0.602. The number of anilines is 1. The van der Waals surface area contributed by atoms with Gasteiger partial charge in [-0.3, -0.25) is 14.5 Å². The number of aryl methyl sites for hydroxylation is 1. The Hall–Kier alpha value is -2.96. The molecule has 11 heteroatoms. The van der Waals surface area contributed by atoms with E-state index in [9.17, 15) is 19.2 Å². The van der Waals surface area contributed by atoms with E-state index in [1.165, 1.54) is 4.90 Å². The number of pyridine rings is 1. The number of aromatic nitrogens is 1. The largest absolute Gasteiger partial charge is 1.00 e. The van der Waals surface area contributed by atoms with Crippen LogP contribution in [0, 0.1) is 0 Å². The average Bonchev–Trinajstić information content (AvgIpc) is 3.14. The molecule has 0 aliphatic carbocycles. The maximum atomic E-state index is 13.3. The van der Waals surface area contributed by atoms with E-state index in [4.69, 9.17) is 9.47 Å². The van der Waals surface area contributed by atoms with Crippen LogP contribution in [0.3, 0.4) is 0 Å².